The lowest BCUT2D eigenvalue weighted by molar-refractivity contribution is -0.130. The van der Waals surface area contributed by atoms with Crippen LogP contribution in [0.1, 0.15) is 25.3 Å². The summed E-state index contributed by atoms with van der Waals surface area (Å²) in [7, 11) is 0. The Balaban J connectivity index is 2.14. The first-order valence-corrected chi connectivity index (χ1v) is 7.61. The smallest absolute Gasteiger partial charge is 0.244 e. The molecule has 0 aromatic heterocycles. The number of amides is 1. The van der Waals surface area contributed by atoms with Crippen molar-refractivity contribution in [2.24, 2.45) is 5.92 Å². The maximum absolute atomic E-state index is 12.5. The van der Waals surface area contributed by atoms with Gasteiger partial charge in [0, 0.05) is 24.9 Å². The number of nitrogens with zero attached hydrogens (tertiary/aromatic N) is 1. The predicted octanol–water partition coefficient (Wildman–Crippen LogP) is 3.66. The molecule has 0 saturated carbocycles. The first kappa shape index (κ1) is 14.7. The fourth-order valence-corrected chi connectivity index (χ4v) is 3.61. The summed E-state index contributed by atoms with van der Waals surface area (Å²) in [5.41, 5.74) is 1.13. The Morgan fingerprint density at radius 2 is 2.05 bits per heavy atom. The van der Waals surface area contributed by atoms with Gasteiger partial charge in [-0.1, -0.05) is 43.7 Å². The van der Waals surface area contributed by atoms with Crippen LogP contribution < -0.4 is 0 Å². The molecule has 1 fully saturated rings. The van der Waals surface area contributed by atoms with Gasteiger partial charge in [-0.2, -0.15) is 0 Å². The second-order valence-corrected chi connectivity index (χ2v) is 6.12. The number of carbonyl (C=O) groups excluding carboxylic acids is 1. The van der Waals surface area contributed by atoms with Gasteiger partial charge in [-0.15, -0.1) is 23.2 Å². The Morgan fingerprint density at radius 1 is 1.37 bits per heavy atom. The predicted molar refractivity (Wildman–Crippen MR) is 79.6 cm³/mol. The van der Waals surface area contributed by atoms with Crippen molar-refractivity contribution in [2.45, 2.75) is 31.2 Å². The van der Waals surface area contributed by atoms with Crippen molar-refractivity contribution in [1.29, 1.82) is 0 Å². The molecule has 2 atom stereocenters. The highest BCUT2D eigenvalue weighted by molar-refractivity contribution is 6.36. The molecule has 0 aliphatic carbocycles. The van der Waals surface area contributed by atoms with Gasteiger partial charge in [0.2, 0.25) is 5.91 Å². The highest BCUT2D eigenvalue weighted by atomic mass is 35.5. The molecule has 0 spiro atoms. The van der Waals surface area contributed by atoms with E-state index in [0.29, 0.717) is 25.4 Å². The Hall–Kier alpha value is -0.730. The number of carbonyl (C=O) groups is 1. The second kappa shape index (κ2) is 6.15. The Labute approximate surface area is 124 Å². The SMILES string of the molecule is CCC[C@@]1(Cl)C(=O)N(Cc2ccccc2)C[C@H]1CCl. The molecule has 4 heteroatoms. The average Bonchev–Trinajstić information content (AvgIpc) is 2.65. The molecule has 19 heavy (non-hydrogen) atoms. The quantitative estimate of drug-likeness (QED) is 0.760. The molecule has 1 aliphatic rings. The van der Waals surface area contributed by atoms with E-state index in [4.69, 9.17) is 23.2 Å². The van der Waals surface area contributed by atoms with Gasteiger partial charge in [-0.25, -0.2) is 0 Å². The summed E-state index contributed by atoms with van der Waals surface area (Å²) < 4.78 is 0. The van der Waals surface area contributed by atoms with Crippen LogP contribution in [0.2, 0.25) is 0 Å². The molecule has 104 valence electrons. The summed E-state index contributed by atoms with van der Waals surface area (Å²) in [4.78, 5) is 13.6. The Kier molecular flexibility index (Phi) is 4.75. The highest BCUT2D eigenvalue weighted by Crippen LogP contribution is 2.40. The minimum atomic E-state index is -0.800. The number of hydrogen-bond acceptors (Lipinski definition) is 1. The van der Waals surface area contributed by atoms with Gasteiger partial charge < -0.3 is 4.90 Å². The lowest BCUT2D eigenvalue weighted by Gasteiger charge is -2.24. The second-order valence-electron chi connectivity index (χ2n) is 5.13. The third-order valence-corrected chi connectivity index (χ3v) is 4.78. The van der Waals surface area contributed by atoms with Crippen LogP contribution >= 0.6 is 23.2 Å². The van der Waals surface area contributed by atoms with E-state index < -0.39 is 4.87 Å². The lowest BCUT2D eigenvalue weighted by atomic mass is 9.92. The van der Waals surface area contributed by atoms with Crippen LogP contribution in [0.3, 0.4) is 0 Å². The van der Waals surface area contributed by atoms with E-state index in [1.165, 1.54) is 0 Å². The zero-order chi connectivity index (χ0) is 13.9. The summed E-state index contributed by atoms with van der Waals surface area (Å²) in [6.07, 6.45) is 1.58. The first-order valence-electron chi connectivity index (χ1n) is 6.70. The van der Waals surface area contributed by atoms with Crippen LogP contribution in [0.25, 0.3) is 0 Å². The zero-order valence-electron chi connectivity index (χ0n) is 11.1. The molecular weight excluding hydrogens is 281 g/mol. The number of benzene rings is 1. The van der Waals surface area contributed by atoms with E-state index in [2.05, 4.69) is 0 Å². The van der Waals surface area contributed by atoms with Gasteiger partial charge in [0.25, 0.3) is 0 Å². The van der Waals surface area contributed by atoms with Crippen molar-refractivity contribution in [1.82, 2.24) is 4.90 Å². The monoisotopic (exact) mass is 299 g/mol. The Bertz CT molecular complexity index is 437. The van der Waals surface area contributed by atoms with Crippen LogP contribution in [-0.2, 0) is 11.3 Å². The topological polar surface area (TPSA) is 20.3 Å². The fraction of sp³-hybridized carbons (Fsp3) is 0.533. The van der Waals surface area contributed by atoms with E-state index in [1.807, 2.05) is 42.2 Å². The first-order chi connectivity index (χ1) is 9.11. The van der Waals surface area contributed by atoms with Gasteiger partial charge in [0.15, 0.2) is 0 Å². The Morgan fingerprint density at radius 3 is 2.63 bits per heavy atom. The molecule has 1 aliphatic heterocycles. The van der Waals surface area contributed by atoms with Crippen LogP contribution in [0.4, 0.5) is 0 Å². The minimum Gasteiger partial charge on any atom is -0.336 e. The van der Waals surface area contributed by atoms with Gasteiger partial charge in [0.05, 0.1) is 0 Å². The van der Waals surface area contributed by atoms with Crippen molar-refractivity contribution in [2.75, 3.05) is 12.4 Å². The van der Waals surface area contributed by atoms with Crippen molar-refractivity contribution in [3.63, 3.8) is 0 Å². The van der Waals surface area contributed by atoms with Crippen LogP contribution in [0.15, 0.2) is 30.3 Å². The fourth-order valence-electron chi connectivity index (χ4n) is 2.72. The van der Waals surface area contributed by atoms with Gasteiger partial charge >= 0.3 is 0 Å². The molecule has 0 unspecified atom stereocenters. The number of rotatable bonds is 5. The molecule has 1 heterocycles. The zero-order valence-corrected chi connectivity index (χ0v) is 12.6. The van der Waals surface area contributed by atoms with Crippen molar-refractivity contribution >= 4 is 29.1 Å². The van der Waals surface area contributed by atoms with Gasteiger partial charge in [0.1, 0.15) is 4.87 Å². The van der Waals surface area contributed by atoms with Crippen molar-refractivity contribution in [3.8, 4) is 0 Å². The van der Waals surface area contributed by atoms with E-state index in [9.17, 15) is 4.79 Å². The average molecular weight is 300 g/mol. The molecule has 1 amide bonds. The van der Waals surface area contributed by atoms with Crippen molar-refractivity contribution in [3.05, 3.63) is 35.9 Å². The number of alkyl halides is 2. The number of likely N-dealkylation sites (tertiary alicyclic amines) is 1. The van der Waals surface area contributed by atoms with Gasteiger partial charge in [-0.3, -0.25) is 4.79 Å². The summed E-state index contributed by atoms with van der Waals surface area (Å²) in [6.45, 7) is 3.31. The van der Waals surface area contributed by atoms with Crippen LogP contribution in [-0.4, -0.2) is 28.1 Å². The molecule has 0 radical (unpaired) electrons. The molecule has 2 nitrogen and oxygen atoms in total. The van der Waals surface area contributed by atoms with E-state index in [-0.39, 0.29) is 11.8 Å². The van der Waals surface area contributed by atoms with E-state index >= 15 is 0 Å². The number of halogens is 2. The lowest BCUT2D eigenvalue weighted by Crippen LogP contribution is -2.38. The van der Waals surface area contributed by atoms with E-state index in [0.717, 1.165) is 12.0 Å². The molecule has 0 bridgehead atoms. The molecule has 1 aromatic carbocycles. The van der Waals surface area contributed by atoms with Crippen LogP contribution in [0.5, 0.6) is 0 Å². The summed E-state index contributed by atoms with van der Waals surface area (Å²) >= 11 is 12.6. The summed E-state index contributed by atoms with van der Waals surface area (Å²) in [5, 5.41) is 0. The van der Waals surface area contributed by atoms with E-state index in [1.54, 1.807) is 0 Å². The summed E-state index contributed by atoms with van der Waals surface area (Å²) in [5.74, 6) is 0.498. The third kappa shape index (κ3) is 2.90. The minimum absolute atomic E-state index is 0.0329. The number of hydrogen-bond donors (Lipinski definition) is 0. The molecular formula is C15H19Cl2NO. The maximum atomic E-state index is 12.5. The maximum Gasteiger partial charge on any atom is 0.244 e. The third-order valence-electron chi connectivity index (χ3n) is 3.75. The van der Waals surface area contributed by atoms with Gasteiger partial charge in [-0.05, 0) is 12.0 Å². The molecule has 1 aromatic rings. The molecule has 0 N–H and O–H groups in total. The largest absolute Gasteiger partial charge is 0.336 e. The molecule has 2 rings (SSSR count). The summed E-state index contributed by atoms with van der Waals surface area (Å²) in [6, 6.07) is 9.98. The van der Waals surface area contributed by atoms with Crippen LogP contribution in [0, 0.1) is 5.92 Å². The van der Waals surface area contributed by atoms with Crippen molar-refractivity contribution < 1.29 is 4.79 Å². The normalized spacial score (nSPS) is 27.0. The highest BCUT2D eigenvalue weighted by Gasteiger charge is 2.51. The standard InChI is InChI=1S/C15H19Cl2NO/c1-2-8-15(17)13(9-16)11-18(14(15)19)10-12-6-4-3-5-7-12/h3-7,13H,2,8-11H2,1H3/t13-,15+/m1/s1. The molecule has 1 saturated heterocycles.